The van der Waals surface area contributed by atoms with Crippen molar-refractivity contribution in [1.29, 1.82) is 0 Å². The number of carbonyl (C=O) groups is 2. The third-order valence-corrected chi connectivity index (χ3v) is 8.24. The Balaban J connectivity index is 1.50. The monoisotopic (exact) mass is 548 g/mol. The second-order valence-electron chi connectivity index (χ2n) is 11.3. The maximum atomic E-state index is 14.0. The average molecular weight is 549 g/mol. The third-order valence-electron chi connectivity index (χ3n) is 8.24. The van der Waals surface area contributed by atoms with Crippen LogP contribution in [0.3, 0.4) is 0 Å². The molecule has 1 saturated heterocycles. The van der Waals surface area contributed by atoms with Crippen molar-refractivity contribution in [2.24, 2.45) is 5.41 Å². The summed E-state index contributed by atoms with van der Waals surface area (Å²) in [7, 11) is 0. The van der Waals surface area contributed by atoms with Crippen LogP contribution in [0, 0.1) is 25.1 Å². The molecule has 0 aliphatic carbocycles. The van der Waals surface area contributed by atoms with E-state index in [1.54, 1.807) is 49.1 Å². The lowest BCUT2D eigenvalue weighted by Gasteiger charge is -2.42. The smallest absolute Gasteiger partial charge is 0.267 e. The summed E-state index contributed by atoms with van der Waals surface area (Å²) >= 11 is 0. The van der Waals surface area contributed by atoms with E-state index < -0.39 is 17.4 Å². The molecule has 0 bridgehead atoms. The number of carbonyl (C=O) groups excluding carboxylic acids is 2. The minimum atomic E-state index is -0.679. The molecule has 4 rings (SSSR count). The molecule has 0 spiro atoms. The summed E-state index contributed by atoms with van der Waals surface area (Å²) in [6, 6.07) is 12.6. The van der Waals surface area contributed by atoms with Crippen molar-refractivity contribution in [2.45, 2.75) is 72.1 Å². The highest BCUT2D eigenvalue weighted by Gasteiger charge is 2.47. The first kappa shape index (κ1) is 29.1. The van der Waals surface area contributed by atoms with Gasteiger partial charge in [-0.15, -0.1) is 0 Å². The molecule has 3 N–H and O–H groups in total. The number of hydrogen-bond acceptors (Lipinski definition) is 5. The van der Waals surface area contributed by atoms with Gasteiger partial charge >= 0.3 is 0 Å². The fraction of sp³-hybridized carbons (Fsp3) is 0.419. The van der Waals surface area contributed by atoms with E-state index in [2.05, 4.69) is 15.5 Å². The van der Waals surface area contributed by atoms with Crippen molar-refractivity contribution in [2.75, 3.05) is 6.54 Å². The van der Waals surface area contributed by atoms with Crippen molar-refractivity contribution < 1.29 is 19.1 Å². The molecule has 3 aromatic rings. The summed E-state index contributed by atoms with van der Waals surface area (Å²) in [5.74, 6) is -1.06. The molecular formula is C31H37FN4O4. The van der Waals surface area contributed by atoms with Gasteiger partial charge in [0.2, 0.25) is 5.91 Å². The SMILES string of the molecule is Cc1cc(Cc2ccc(C(=O)NCC(=O)N3[C@H](c4cccc(F)c4)CC[C@@H]3C(C)(C)C(C)O)cc2C)c(=O)[nH]n1. The molecule has 1 aromatic heterocycles. The van der Waals surface area contributed by atoms with Crippen LogP contribution in [0.4, 0.5) is 4.39 Å². The first-order valence-electron chi connectivity index (χ1n) is 13.6. The van der Waals surface area contributed by atoms with E-state index in [0.717, 1.165) is 11.1 Å². The number of H-pyrrole nitrogens is 1. The van der Waals surface area contributed by atoms with Crippen LogP contribution in [0.25, 0.3) is 0 Å². The highest BCUT2D eigenvalue weighted by molar-refractivity contribution is 5.96. The Hall–Kier alpha value is -3.85. The second kappa shape index (κ2) is 11.7. The predicted molar refractivity (Wildman–Crippen MR) is 150 cm³/mol. The molecule has 2 amide bonds. The summed E-state index contributed by atoms with van der Waals surface area (Å²) < 4.78 is 14.0. The van der Waals surface area contributed by atoms with Gasteiger partial charge in [-0.1, -0.05) is 32.0 Å². The van der Waals surface area contributed by atoms with Gasteiger partial charge in [-0.05, 0) is 80.6 Å². The van der Waals surface area contributed by atoms with Crippen LogP contribution < -0.4 is 10.9 Å². The Bertz CT molecular complexity index is 1470. The number of aromatic nitrogens is 2. The molecule has 8 nitrogen and oxygen atoms in total. The summed E-state index contributed by atoms with van der Waals surface area (Å²) in [4.78, 5) is 40.5. The van der Waals surface area contributed by atoms with Crippen molar-refractivity contribution in [1.82, 2.24) is 20.4 Å². The topological polar surface area (TPSA) is 115 Å². The number of halogens is 1. The van der Waals surface area contributed by atoms with Crippen molar-refractivity contribution >= 4 is 11.8 Å². The number of aromatic amines is 1. The van der Waals surface area contributed by atoms with Crippen LogP contribution in [0.5, 0.6) is 0 Å². The standard InChI is InChI=1S/C31H37FN4O4/c1-18-13-23(10-9-21(18)15-24-14-19(2)34-35-30(24)40)29(39)33-17-28(38)36-26(22-7-6-8-25(32)16-22)11-12-27(36)31(4,5)20(3)37/h6-10,13-14,16,20,26-27,37H,11-12,15,17H2,1-5H3,(H,33,39)(H,35,40)/t20?,26-,27+/m0/s1. The maximum absolute atomic E-state index is 14.0. The van der Waals surface area contributed by atoms with Crippen molar-refractivity contribution in [3.8, 4) is 0 Å². The number of aliphatic hydroxyl groups is 1. The van der Waals surface area contributed by atoms with Gasteiger partial charge in [0.1, 0.15) is 5.82 Å². The Morgan fingerprint density at radius 2 is 1.90 bits per heavy atom. The van der Waals surface area contributed by atoms with Gasteiger partial charge in [-0.25, -0.2) is 9.49 Å². The zero-order valence-corrected chi connectivity index (χ0v) is 23.6. The molecule has 3 atom stereocenters. The van der Waals surface area contributed by atoms with Gasteiger partial charge in [0.15, 0.2) is 0 Å². The van der Waals surface area contributed by atoms with E-state index in [4.69, 9.17) is 0 Å². The fourth-order valence-electron chi connectivity index (χ4n) is 5.49. The molecular weight excluding hydrogens is 511 g/mol. The molecule has 2 heterocycles. The summed E-state index contributed by atoms with van der Waals surface area (Å²) in [6.45, 7) is 8.98. The van der Waals surface area contributed by atoms with Gasteiger partial charge in [-0.2, -0.15) is 5.10 Å². The third kappa shape index (κ3) is 6.14. The van der Waals surface area contributed by atoms with E-state index in [9.17, 15) is 23.9 Å². The molecule has 0 saturated carbocycles. The Labute approximate surface area is 233 Å². The number of likely N-dealkylation sites (tertiary alicyclic amines) is 1. The largest absolute Gasteiger partial charge is 0.393 e. The van der Waals surface area contributed by atoms with E-state index in [0.29, 0.717) is 41.6 Å². The minimum Gasteiger partial charge on any atom is -0.393 e. The number of amides is 2. The zero-order valence-electron chi connectivity index (χ0n) is 23.6. The lowest BCUT2D eigenvalue weighted by molar-refractivity contribution is -0.137. The second-order valence-corrected chi connectivity index (χ2v) is 11.3. The summed E-state index contributed by atoms with van der Waals surface area (Å²) in [5.41, 5.74) is 3.29. The molecule has 2 aromatic carbocycles. The highest BCUT2D eigenvalue weighted by Crippen LogP contribution is 2.44. The number of hydrogen-bond donors (Lipinski definition) is 3. The lowest BCUT2D eigenvalue weighted by atomic mass is 9.78. The van der Waals surface area contributed by atoms with Crippen molar-refractivity contribution in [3.05, 3.63) is 98.2 Å². The van der Waals surface area contributed by atoms with Crippen molar-refractivity contribution in [3.63, 3.8) is 0 Å². The fourth-order valence-corrected chi connectivity index (χ4v) is 5.49. The first-order chi connectivity index (χ1) is 18.9. The van der Waals surface area contributed by atoms with Gasteiger partial charge in [-0.3, -0.25) is 14.4 Å². The Morgan fingerprint density at radius 1 is 1.15 bits per heavy atom. The number of benzene rings is 2. The number of nitrogens with zero attached hydrogens (tertiary/aromatic N) is 2. The van der Waals surface area contributed by atoms with E-state index in [1.807, 2.05) is 26.8 Å². The summed E-state index contributed by atoms with van der Waals surface area (Å²) in [6.07, 6.45) is 1.01. The molecule has 40 heavy (non-hydrogen) atoms. The molecule has 0 radical (unpaired) electrons. The van der Waals surface area contributed by atoms with E-state index in [-0.39, 0.29) is 35.9 Å². The molecule has 9 heteroatoms. The maximum Gasteiger partial charge on any atom is 0.267 e. The Kier molecular flexibility index (Phi) is 8.54. The minimum absolute atomic E-state index is 0.233. The predicted octanol–water partition coefficient (Wildman–Crippen LogP) is 3.99. The number of rotatable bonds is 8. The summed E-state index contributed by atoms with van der Waals surface area (Å²) in [5, 5.41) is 19.6. The molecule has 212 valence electrons. The van der Waals surface area contributed by atoms with Gasteiger partial charge in [0.25, 0.3) is 11.5 Å². The van der Waals surface area contributed by atoms with Crippen LogP contribution in [0.1, 0.15) is 78.0 Å². The molecule has 1 fully saturated rings. The number of aliphatic hydroxyl groups excluding tert-OH is 1. The van der Waals surface area contributed by atoms with E-state index >= 15 is 0 Å². The van der Waals surface area contributed by atoms with E-state index in [1.165, 1.54) is 12.1 Å². The normalized spacial score (nSPS) is 18.0. The lowest BCUT2D eigenvalue weighted by Crippen LogP contribution is -2.51. The van der Waals surface area contributed by atoms with Crippen LogP contribution in [0.15, 0.2) is 53.3 Å². The van der Waals surface area contributed by atoms with Crippen LogP contribution in [0.2, 0.25) is 0 Å². The molecule has 1 aliphatic heterocycles. The number of nitrogens with one attached hydrogen (secondary N) is 2. The molecule has 1 aliphatic rings. The zero-order chi connectivity index (χ0) is 29.2. The van der Waals surface area contributed by atoms with Crippen LogP contribution in [-0.4, -0.2) is 50.7 Å². The quantitative estimate of drug-likeness (QED) is 0.394. The molecule has 1 unspecified atom stereocenters. The van der Waals surface area contributed by atoms with Gasteiger partial charge in [0.05, 0.1) is 24.4 Å². The van der Waals surface area contributed by atoms with Gasteiger partial charge in [0, 0.05) is 29.0 Å². The van der Waals surface area contributed by atoms with Gasteiger partial charge < -0.3 is 15.3 Å². The van der Waals surface area contributed by atoms with Crippen LogP contribution in [-0.2, 0) is 11.2 Å². The Morgan fingerprint density at radius 3 is 2.58 bits per heavy atom. The average Bonchev–Trinajstić information content (AvgIpc) is 3.36. The number of aryl methyl sites for hydroxylation is 2. The highest BCUT2D eigenvalue weighted by atomic mass is 19.1. The first-order valence-corrected chi connectivity index (χ1v) is 13.6. The van der Waals surface area contributed by atoms with Crippen LogP contribution >= 0.6 is 0 Å².